The van der Waals surface area contributed by atoms with E-state index in [1.807, 2.05) is 59.3 Å². The maximum absolute atomic E-state index is 12.8. The highest BCUT2D eigenvalue weighted by molar-refractivity contribution is 7.80. The first-order valence-corrected chi connectivity index (χ1v) is 13.7. The maximum atomic E-state index is 12.8. The molecule has 0 aliphatic rings. The lowest BCUT2D eigenvalue weighted by Crippen LogP contribution is -2.30. The van der Waals surface area contributed by atoms with Gasteiger partial charge in [0, 0.05) is 33.8 Å². The number of nitrogens with one attached hydrogen (secondary N) is 2. The molecule has 2 N–H and O–H groups in total. The summed E-state index contributed by atoms with van der Waals surface area (Å²) in [6.07, 6.45) is 1.44. The molecule has 0 fully saturated rings. The van der Waals surface area contributed by atoms with Gasteiger partial charge < -0.3 is 14.6 Å². The number of benzene rings is 2. The minimum atomic E-state index is -2.38. The molecular weight excluding hydrogens is 510 g/mol. The number of thiophene rings is 1. The summed E-state index contributed by atoms with van der Waals surface area (Å²) < 4.78 is 24.0. The second kappa shape index (κ2) is 11.7. The minimum absolute atomic E-state index is 0.0734. The lowest BCUT2D eigenvalue weighted by molar-refractivity contribution is -0.121. The first kappa shape index (κ1) is 24.6. The van der Waals surface area contributed by atoms with Crippen LogP contribution in [-0.2, 0) is 28.9 Å². The molecule has 2 atom stereocenters. The van der Waals surface area contributed by atoms with Gasteiger partial charge in [-0.1, -0.05) is 41.9 Å². The van der Waals surface area contributed by atoms with Gasteiger partial charge in [0.15, 0.2) is 0 Å². The predicted octanol–water partition coefficient (Wildman–Crippen LogP) is 5.76. The Morgan fingerprint density at radius 1 is 1.09 bits per heavy atom. The number of aromatic nitrogens is 1. The van der Waals surface area contributed by atoms with Crippen LogP contribution in [0.5, 0.6) is 0 Å². The lowest BCUT2D eigenvalue weighted by atomic mass is 10.0. The highest BCUT2D eigenvalue weighted by Crippen LogP contribution is 2.31. The summed E-state index contributed by atoms with van der Waals surface area (Å²) in [4.78, 5) is 18.7. The van der Waals surface area contributed by atoms with E-state index in [-0.39, 0.29) is 11.9 Å². The summed E-state index contributed by atoms with van der Waals surface area (Å²) in [5.74, 6) is -0.0734. The molecule has 2 heterocycles. The van der Waals surface area contributed by atoms with Gasteiger partial charge in [-0.2, -0.15) is 0 Å². The average Bonchev–Trinajstić information content (AvgIpc) is 3.50. The van der Waals surface area contributed by atoms with Gasteiger partial charge in [-0.3, -0.25) is 9.00 Å². The van der Waals surface area contributed by atoms with E-state index in [2.05, 4.69) is 10.0 Å². The Hall–Kier alpha value is -2.56. The topological polar surface area (TPSA) is 94.2 Å². The number of nitrogens with zero attached hydrogens (tertiary/aromatic N) is 1. The molecule has 0 aliphatic carbocycles. The Labute approximate surface area is 213 Å². The van der Waals surface area contributed by atoms with Crippen LogP contribution in [0, 0.1) is 0 Å². The molecule has 0 spiro atoms. The fourth-order valence-corrected chi connectivity index (χ4v) is 5.68. The van der Waals surface area contributed by atoms with Crippen molar-refractivity contribution in [1.29, 1.82) is 0 Å². The highest BCUT2D eigenvalue weighted by Gasteiger charge is 2.19. The normalized spacial score (nSPS) is 12.8. The summed E-state index contributed by atoms with van der Waals surface area (Å²) in [7, 11) is 0. The minimum Gasteiger partial charge on any atom is -0.755 e. The first-order chi connectivity index (χ1) is 16.5. The predicted molar refractivity (Wildman–Crippen MR) is 139 cm³/mol. The maximum Gasteiger partial charge on any atom is 0.220 e. The summed E-state index contributed by atoms with van der Waals surface area (Å²) >= 11 is 6.85. The van der Waals surface area contributed by atoms with Gasteiger partial charge in [-0.15, -0.1) is 22.7 Å². The van der Waals surface area contributed by atoms with E-state index >= 15 is 0 Å². The number of hydrogen-bond donors (Lipinski definition) is 2. The van der Waals surface area contributed by atoms with E-state index in [1.165, 1.54) is 0 Å². The number of halogens is 1. The summed E-state index contributed by atoms with van der Waals surface area (Å²) in [5.41, 5.74) is 3.24. The molecule has 1 unspecified atom stereocenters. The van der Waals surface area contributed by atoms with Crippen molar-refractivity contribution in [3.05, 3.63) is 93.3 Å². The molecule has 1 amide bonds. The Morgan fingerprint density at radius 3 is 2.62 bits per heavy atom. The molecule has 176 valence electrons. The van der Waals surface area contributed by atoms with Crippen molar-refractivity contribution in [3.8, 4) is 9.88 Å². The van der Waals surface area contributed by atoms with Gasteiger partial charge in [0.2, 0.25) is 5.91 Å². The largest absolute Gasteiger partial charge is 0.755 e. The van der Waals surface area contributed by atoms with Crippen LogP contribution < -0.4 is 10.0 Å². The Balaban J connectivity index is 1.49. The Morgan fingerprint density at radius 2 is 1.91 bits per heavy atom. The molecule has 0 bridgehead atoms. The van der Waals surface area contributed by atoms with E-state index in [9.17, 15) is 13.6 Å². The van der Waals surface area contributed by atoms with Crippen LogP contribution in [0.3, 0.4) is 0 Å². The van der Waals surface area contributed by atoms with E-state index in [4.69, 9.17) is 16.6 Å². The summed E-state index contributed by atoms with van der Waals surface area (Å²) in [6.45, 7) is 0. The molecule has 2 aromatic heterocycles. The highest BCUT2D eigenvalue weighted by atomic mass is 35.5. The van der Waals surface area contributed by atoms with Gasteiger partial charge in [0.25, 0.3) is 0 Å². The quantitative estimate of drug-likeness (QED) is 0.255. The van der Waals surface area contributed by atoms with Crippen LogP contribution >= 0.6 is 34.3 Å². The molecular formula is C24H21ClN3O3S3-. The first-order valence-electron chi connectivity index (χ1n) is 10.4. The number of rotatable bonds is 10. The Kier molecular flexibility index (Phi) is 8.47. The standard InChI is InChI=1S/C24H22ClN3O3S3/c25-18-4-1-3-16(13-18)8-11-23(29)26-20(14-17-6-9-19(10-7-17)28-34(30)31)21-15-33-24(27-21)22-5-2-12-32-22/h1-7,9-10,12-13,15,20,28H,8,11,14H2,(H,26,29)(H,30,31)/p-1/t20-/m0/s1. The van der Waals surface area contributed by atoms with Crippen LogP contribution in [0.1, 0.15) is 29.3 Å². The molecule has 34 heavy (non-hydrogen) atoms. The van der Waals surface area contributed by atoms with E-state index in [0.29, 0.717) is 30.0 Å². The second-order valence-electron chi connectivity index (χ2n) is 7.54. The molecule has 4 rings (SSSR count). The molecule has 6 nitrogen and oxygen atoms in total. The second-order valence-corrected chi connectivity index (χ2v) is 10.5. The summed E-state index contributed by atoms with van der Waals surface area (Å²) in [6, 6.07) is 18.3. The number of anilines is 1. The molecule has 0 saturated heterocycles. The Bertz CT molecular complexity index is 1260. The molecule has 0 saturated carbocycles. The fourth-order valence-electron chi connectivity index (χ4n) is 3.45. The van der Waals surface area contributed by atoms with Crippen molar-refractivity contribution in [2.45, 2.75) is 25.3 Å². The lowest BCUT2D eigenvalue weighted by Gasteiger charge is -2.18. The average molecular weight is 531 g/mol. The third-order valence-corrected chi connectivity index (χ3v) is 7.61. The third kappa shape index (κ3) is 6.97. The van der Waals surface area contributed by atoms with Crippen molar-refractivity contribution >= 4 is 57.1 Å². The zero-order valence-corrected chi connectivity index (χ0v) is 21.1. The van der Waals surface area contributed by atoms with Crippen LogP contribution in [0.25, 0.3) is 9.88 Å². The fraction of sp³-hybridized carbons (Fsp3) is 0.167. The number of amides is 1. The zero-order valence-electron chi connectivity index (χ0n) is 17.9. The monoisotopic (exact) mass is 530 g/mol. The van der Waals surface area contributed by atoms with E-state index in [1.54, 1.807) is 34.8 Å². The van der Waals surface area contributed by atoms with Gasteiger partial charge >= 0.3 is 0 Å². The van der Waals surface area contributed by atoms with Gasteiger partial charge in [-0.05, 0) is 59.7 Å². The third-order valence-electron chi connectivity index (χ3n) is 5.07. The molecule has 2 aromatic carbocycles. The number of carbonyl (C=O) groups excluding carboxylic acids is 1. The van der Waals surface area contributed by atoms with Gasteiger partial charge in [0.1, 0.15) is 5.01 Å². The smallest absolute Gasteiger partial charge is 0.220 e. The molecule has 0 radical (unpaired) electrons. The van der Waals surface area contributed by atoms with Gasteiger partial charge in [-0.25, -0.2) is 4.98 Å². The van der Waals surface area contributed by atoms with E-state index < -0.39 is 11.3 Å². The number of hydrogen-bond acceptors (Lipinski definition) is 6. The van der Waals surface area contributed by atoms with Crippen molar-refractivity contribution < 1.29 is 13.6 Å². The van der Waals surface area contributed by atoms with Crippen molar-refractivity contribution in [2.75, 3.05) is 4.72 Å². The van der Waals surface area contributed by atoms with E-state index in [0.717, 1.165) is 26.7 Å². The number of thiazole rings is 1. The summed E-state index contributed by atoms with van der Waals surface area (Å²) in [5, 5.41) is 8.69. The van der Waals surface area contributed by atoms with Crippen LogP contribution in [0.2, 0.25) is 5.02 Å². The van der Waals surface area contributed by atoms with Crippen LogP contribution in [-0.4, -0.2) is 19.7 Å². The van der Waals surface area contributed by atoms with Gasteiger partial charge in [0.05, 0.1) is 16.6 Å². The number of carbonyl (C=O) groups is 1. The van der Waals surface area contributed by atoms with Crippen LogP contribution in [0.4, 0.5) is 5.69 Å². The molecule has 10 heteroatoms. The zero-order chi connectivity index (χ0) is 23.9. The van der Waals surface area contributed by atoms with Crippen molar-refractivity contribution in [1.82, 2.24) is 10.3 Å². The molecule has 0 aliphatic heterocycles. The van der Waals surface area contributed by atoms with Crippen molar-refractivity contribution in [2.24, 2.45) is 0 Å². The van der Waals surface area contributed by atoms with Crippen molar-refractivity contribution in [3.63, 3.8) is 0 Å². The SMILES string of the molecule is O=C(CCc1cccc(Cl)c1)N[C@@H](Cc1ccc(NS(=O)[O-])cc1)c1csc(-c2cccs2)n1. The van der Waals surface area contributed by atoms with Crippen LogP contribution in [0.15, 0.2) is 71.4 Å². The molecule has 4 aromatic rings. The number of aryl methyl sites for hydroxylation is 1.